The minimum absolute atomic E-state index is 0.0231. The Labute approximate surface area is 413 Å². The smallest absolute Gasteiger partial charge is 0.472 e. The highest BCUT2D eigenvalue weighted by molar-refractivity contribution is 7.47. The van der Waals surface area contributed by atoms with E-state index >= 15 is 0 Å². The van der Waals surface area contributed by atoms with Gasteiger partial charge in [0.2, 0.25) is 0 Å². The van der Waals surface area contributed by atoms with Crippen LogP contribution < -0.4 is 5.73 Å². The first kappa shape index (κ1) is 65.7. The predicted octanol–water partition coefficient (Wildman–Crippen LogP) is 17.2. The van der Waals surface area contributed by atoms with Gasteiger partial charge in [-0.1, -0.05) is 264 Å². The highest BCUT2D eigenvalue weighted by Gasteiger charge is 2.27. The molecule has 0 saturated heterocycles. The van der Waals surface area contributed by atoms with Crippen molar-refractivity contribution in [1.82, 2.24) is 0 Å². The van der Waals surface area contributed by atoms with Crippen LogP contribution in [0.3, 0.4) is 0 Å². The zero-order valence-electron chi connectivity index (χ0n) is 44.0. The molecule has 10 nitrogen and oxygen atoms in total. The summed E-state index contributed by atoms with van der Waals surface area (Å²) in [5.74, 6) is -1.76. The van der Waals surface area contributed by atoms with Crippen molar-refractivity contribution in [2.75, 3.05) is 26.4 Å². The van der Waals surface area contributed by atoms with Gasteiger partial charge in [0.05, 0.1) is 19.8 Å². The second kappa shape index (κ2) is 52.5. The van der Waals surface area contributed by atoms with Crippen LogP contribution in [0.5, 0.6) is 0 Å². The Morgan fingerprint density at radius 1 is 0.463 bits per heavy atom. The SMILES string of the molecule is CCCCCCCCCC/C=C\CCCCCCCCCCCC(=O)OC(COCCCCCCCCCCCCCCCCCCCCCCCCCC)COP(=O)(O)OCC(N)C(=O)O. The average molecular weight is 972 g/mol. The van der Waals surface area contributed by atoms with Crippen molar-refractivity contribution in [3.63, 3.8) is 0 Å². The number of hydrogen-bond donors (Lipinski definition) is 3. The third-order valence-corrected chi connectivity index (χ3v) is 14.0. The molecule has 67 heavy (non-hydrogen) atoms. The normalized spacial score (nSPS) is 13.6. The molecule has 3 atom stereocenters. The molecular weight excluding hydrogens is 862 g/mol. The summed E-state index contributed by atoms with van der Waals surface area (Å²) < 4.78 is 33.6. The summed E-state index contributed by atoms with van der Waals surface area (Å²) in [5, 5.41) is 8.95. The number of rotatable bonds is 56. The summed E-state index contributed by atoms with van der Waals surface area (Å²) in [7, 11) is -4.62. The molecule has 0 saturated carbocycles. The van der Waals surface area contributed by atoms with Crippen LogP contribution in [0.2, 0.25) is 0 Å². The van der Waals surface area contributed by atoms with Gasteiger partial charge in [0.25, 0.3) is 0 Å². The Kier molecular flexibility index (Phi) is 51.5. The molecule has 0 aromatic heterocycles. The monoisotopic (exact) mass is 972 g/mol. The quantitative estimate of drug-likeness (QED) is 0.0232. The van der Waals surface area contributed by atoms with Gasteiger partial charge in [-0.3, -0.25) is 18.6 Å². The zero-order valence-corrected chi connectivity index (χ0v) is 44.9. The molecule has 0 fully saturated rings. The molecule has 0 amide bonds. The lowest BCUT2D eigenvalue weighted by Gasteiger charge is -2.20. The number of ether oxygens (including phenoxy) is 2. The highest BCUT2D eigenvalue weighted by atomic mass is 31.2. The summed E-state index contributed by atoms with van der Waals surface area (Å²) in [6.45, 7) is 3.96. The maximum absolute atomic E-state index is 12.7. The lowest BCUT2D eigenvalue weighted by atomic mass is 10.0. The van der Waals surface area contributed by atoms with Gasteiger partial charge in [0.1, 0.15) is 12.1 Å². The summed E-state index contributed by atoms with van der Waals surface area (Å²) in [6.07, 6.45) is 60.0. The van der Waals surface area contributed by atoms with E-state index in [9.17, 15) is 19.0 Å². The Balaban J connectivity index is 4.03. The molecule has 0 aliphatic rings. The molecular formula is C56H110NO9P. The lowest BCUT2D eigenvalue weighted by molar-refractivity contribution is -0.154. The van der Waals surface area contributed by atoms with Gasteiger partial charge in [0, 0.05) is 13.0 Å². The molecule has 0 bridgehead atoms. The molecule has 0 spiro atoms. The first-order valence-electron chi connectivity index (χ1n) is 28.7. The second-order valence-electron chi connectivity index (χ2n) is 19.8. The number of carboxylic acid groups (broad SMARTS) is 1. The predicted molar refractivity (Wildman–Crippen MR) is 282 cm³/mol. The average Bonchev–Trinajstić information content (AvgIpc) is 3.31. The summed E-state index contributed by atoms with van der Waals surface area (Å²) >= 11 is 0. The van der Waals surface area contributed by atoms with Gasteiger partial charge in [-0.25, -0.2) is 4.57 Å². The van der Waals surface area contributed by atoms with Crippen LogP contribution in [0, 0.1) is 0 Å². The number of allylic oxidation sites excluding steroid dienone is 2. The Bertz CT molecular complexity index is 1120. The van der Waals surface area contributed by atoms with Crippen LogP contribution in [-0.2, 0) is 32.7 Å². The maximum Gasteiger partial charge on any atom is 0.472 e. The third kappa shape index (κ3) is 52.4. The number of carbonyl (C=O) groups excluding carboxylic acids is 1. The van der Waals surface area contributed by atoms with E-state index in [2.05, 4.69) is 26.0 Å². The minimum Gasteiger partial charge on any atom is -0.480 e. The second-order valence-corrected chi connectivity index (χ2v) is 21.2. The van der Waals surface area contributed by atoms with E-state index in [0.29, 0.717) is 13.0 Å². The van der Waals surface area contributed by atoms with Gasteiger partial charge in [-0.15, -0.1) is 0 Å². The molecule has 0 aromatic carbocycles. The van der Waals surface area contributed by atoms with Gasteiger partial charge < -0.3 is 25.2 Å². The molecule has 4 N–H and O–H groups in total. The molecule has 3 unspecified atom stereocenters. The van der Waals surface area contributed by atoms with Crippen molar-refractivity contribution in [3.05, 3.63) is 12.2 Å². The molecule has 0 radical (unpaired) electrons. The van der Waals surface area contributed by atoms with E-state index < -0.39 is 45.1 Å². The summed E-state index contributed by atoms with van der Waals surface area (Å²) in [6, 6.07) is -1.47. The molecule has 11 heteroatoms. The standard InChI is InChI=1S/C56H110NO9P/c1-3-5-7-9-11-13-15-17-19-21-23-25-26-27-29-31-33-35-37-39-41-43-45-47-49-63-50-53(51-64-67(61,62)65-52-54(57)56(59)60)66-55(58)48-46-44-42-40-38-36-34-32-30-28-24-22-20-18-16-14-12-10-8-6-4-2/h22,24,53-54H,3-21,23,25-52,57H2,1-2H3,(H,59,60)(H,61,62)/b24-22-. The zero-order chi connectivity index (χ0) is 49.0. The Morgan fingerprint density at radius 2 is 0.776 bits per heavy atom. The molecule has 0 aromatic rings. The number of phosphoric ester groups is 1. The van der Waals surface area contributed by atoms with E-state index in [4.69, 9.17) is 29.4 Å². The number of nitrogens with two attached hydrogens (primary N) is 1. The number of aliphatic carboxylic acids is 1. The number of phosphoric acid groups is 1. The van der Waals surface area contributed by atoms with Gasteiger partial charge in [0.15, 0.2) is 0 Å². The third-order valence-electron chi connectivity index (χ3n) is 13.0. The number of carbonyl (C=O) groups is 2. The van der Waals surface area contributed by atoms with Crippen LogP contribution in [0.1, 0.15) is 296 Å². The van der Waals surface area contributed by atoms with Crippen LogP contribution in [0.4, 0.5) is 0 Å². The van der Waals surface area contributed by atoms with E-state index in [1.165, 1.54) is 231 Å². The number of hydrogen-bond acceptors (Lipinski definition) is 8. The van der Waals surface area contributed by atoms with Gasteiger partial charge in [-0.05, 0) is 38.5 Å². The summed E-state index contributed by atoms with van der Waals surface area (Å²) in [5.41, 5.74) is 5.39. The van der Waals surface area contributed by atoms with Crippen molar-refractivity contribution in [1.29, 1.82) is 0 Å². The lowest BCUT2D eigenvalue weighted by Crippen LogP contribution is -2.34. The van der Waals surface area contributed by atoms with Crippen molar-refractivity contribution in [2.24, 2.45) is 5.73 Å². The van der Waals surface area contributed by atoms with E-state index in [1.807, 2.05) is 0 Å². The van der Waals surface area contributed by atoms with Crippen molar-refractivity contribution in [2.45, 2.75) is 309 Å². The first-order valence-corrected chi connectivity index (χ1v) is 30.2. The maximum atomic E-state index is 12.7. The molecule has 398 valence electrons. The van der Waals surface area contributed by atoms with Gasteiger partial charge >= 0.3 is 19.8 Å². The van der Waals surface area contributed by atoms with Crippen molar-refractivity contribution in [3.8, 4) is 0 Å². The molecule has 0 aliphatic heterocycles. The summed E-state index contributed by atoms with van der Waals surface area (Å²) in [4.78, 5) is 33.8. The number of unbranched alkanes of at least 4 members (excludes halogenated alkanes) is 40. The molecule has 0 rings (SSSR count). The molecule has 0 heterocycles. The van der Waals surface area contributed by atoms with E-state index in [1.54, 1.807) is 0 Å². The Morgan fingerprint density at radius 3 is 1.13 bits per heavy atom. The van der Waals surface area contributed by atoms with Gasteiger partial charge in [-0.2, -0.15) is 0 Å². The first-order chi connectivity index (χ1) is 32.7. The van der Waals surface area contributed by atoms with Crippen LogP contribution in [-0.4, -0.2) is 60.5 Å². The van der Waals surface area contributed by atoms with Crippen molar-refractivity contribution < 1.29 is 42.7 Å². The topological polar surface area (TPSA) is 155 Å². The fourth-order valence-corrected chi connectivity index (χ4v) is 9.38. The highest BCUT2D eigenvalue weighted by Crippen LogP contribution is 2.43. The minimum atomic E-state index is -4.62. The number of esters is 1. The number of carboxylic acids is 1. The molecule has 0 aliphatic carbocycles. The van der Waals surface area contributed by atoms with E-state index in [0.717, 1.165) is 38.5 Å². The largest absolute Gasteiger partial charge is 0.480 e. The Hall–Kier alpha value is -1.29. The van der Waals surface area contributed by atoms with Crippen molar-refractivity contribution >= 4 is 19.8 Å². The fourth-order valence-electron chi connectivity index (χ4n) is 8.60. The van der Waals surface area contributed by atoms with Crippen LogP contribution in [0.15, 0.2) is 12.2 Å². The fraction of sp³-hybridized carbons (Fsp3) is 0.929. The van der Waals surface area contributed by atoms with Crippen LogP contribution >= 0.6 is 7.82 Å². The van der Waals surface area contributed by atoms with Crippen LogP contribution in [0.25, 0.3) is 0 Å². The van der Waals surface area contributed by atoms with E-state index in [-0.39, 0.29) is 13.0 Å².